The maximum Gasteiger partial charge on any atom is 0.419 e. The third kappa shape index (κ3) is 3.41. The highest BCUT2D eigenvalue weighted by atomic mass is 19.4. The van der Waals surface area contributed by atoms with Gasteiger partial charge in [0.25, 0.3) is 0 Å². The number of rotatable bonds is 4. The lowest BCUT2D eigenvalue weighted by Gasteiger charge is -2.17. The van der Waals surface area contributed by atoms with Crippen molar-refractivity contribution in [3.63, 3.8) is 0 Å². The number of alkyl halides is 3. The zero-order valence-electron chi connectivity index (χ0n) is 9.31. The van der Waals surface area contributed by atoms with E-state index in [0.29, 0.717) is 12.0 Å². The molecule has 0 spiro atoms. The molecular formula is C11H14F4N2. The highest BCUT2D eigenvalue weighted by molar-refractivity contribution is 5.29. The summed E-state index contributed by atoms with van der Waals surface area (Å²) in [5, 5.41) is 0. The molecule has 0 aliphatic carbocycles. The Hall–Kier alpha value is -1.14. The van der Waals surface area contributed by atoms with E-state index in [1.165, 1.54) is 6.07 Å². The zero-order chi connectivity index (χ0) is 13.1. The summed E-state index contributed by atoms with van der Waals surface area (Å²) >= 11 is 0. The summed E-state index contributed by atoms with van der Waals surface area (Å²) in [5.41, 5.74) is 1.51. The van der Waals surface area contributed by atoms with Crippen molar-refractivity contribution in [2.75, 3.05) is 0 Å². The van der Waals surface area contributed by atoms with Crippen molar-refractivity contribution in [1.82, 2.24) is 5.43 Å². The van der Waals surface area contributed by atoms with Gasteiger partial charge in [-0.15, -0.1) is 0 Å². The largest absolute Gasteiger partial charge is 0.419 e. The second kappa shape index (κ2) is 5.46. The summed E-state index contributed by atoms with van der Waals surface area (Å²) in [6.45, 7) is 1.89. The number of halogens is 4. The van der Waals surface area contributed by atoms with Gasteiger partial charge in [0, 0.05) is 6.04 Å². The Labute approximate surface area is 96.8 Å². The van der Waals surface area contributed by atoms with E-state index < -0.39 is 23.6 Å². The van der Waals surface area contributed by atoms with Crippen molar-refractivity contribution in [3.05, 3.63) is 35.1 Å². The Morgan fingerprint density at radius 2 is 2.00 bits per heavy atom. The minimum atomic E-state index is -4.69. The van der Waals surface area contributed by atoms with Crippen LogP contribution in [0.4, 0.5) is 17.6 Å². The molecule has 0 saturated heterocycles. The topological polar surface area (TPSA) is 38.0 Å². The third-order valence-electron chi connectivity index (χ3n) is 2.48. The predicted molar refractivity (Wildman–Crippen MR) is 56.4 cm³/mol. The minimum absolute atomic E-state index is 0.336. The Morgan fingerprint density at radius 1 is 1.35 bits per heavy atom. The first-order valence-corrected chi connectivity index (χ1v) is 5.23. The van der Waals surface area contributed by atoms with Gasteiger partial charge in [-0.2, -0.15) is 13.2 Å². The lowest BCUT2D eigenvalue weighted by molar-refractivity contribution is -0.140. The molecule has 0 radical (unpaired) electrons. The van der Waals surface area contributed by atoms with E-state index in [1.54, 1.807) is 0 Å². The van der Waals surface area contributed by atoms with Gasteiger partial charge in [0.15, 0.2) is 0 Å². The lowest BCUT2D eigenvalue weighted by atomic mass is 10.0. The van der Waals surface area contributed by atoms with Gasteiger partial charge >= 0.3 is 6.18 Å². The molecule has 17 heavy (non-hydrogen) atoms. The van der Waals surface area contributed by atoms with Gasteiger partial charge in [0.05, 0.1) is 5.56 Å². The van der Waals surface area contributed by atoms with E-state index in [2.05, 4.69) is 5.43 Å². The van der Waals surface area contributed by atoms with Crippen LogP contribution in [0.15, 0.2) is 18.2 Å². The summed E-state index contributed by atoms with van der Waals surface area (Å²) < 4.78 is 50.5. The van der Waals surface area contributed by atoms with Crippen LogP contribution in [-0.2, 0) is 6.18 Å². The van der Waals surface area contributed by atoms with Crippen LogP contribution in [0.5, 0.6) is 0 Å². The maximum absolute atomic E-state index is 13.0. The van der Waals surface area contributed by atoms with Gasteiger partial charge < -0.3 is 0 Å². The van der Waals surface area contributed by atoms with Crippen LogP contribution in [0.3, 0.4) is 0 Å². The molecule has 0 aliphatic rings. The summed E-state index contributed by atoms with van der Waals surface area (Å²) in [5.74, 6) is 3.99. The molecule has 0 aliphatic heterocycles. The Kier molecular flexibility index (Phi) is 4.47. The summed E-state index contributed by atoms with van der Waals surface area (Å²) in [6, 6.07) is 2.53. The fourth-order valence-electron chi connectivity index (χ4n) is 1.61. The second-order valence-corrected chi connectivity index (χ2v) is 3.74. The van der Waals surface area contributed by atoms with Crippen molar-refractivity contribution in [2.24, 2.45) is 5.84 Å². The molecular weight excluding hydrogens is 236 g/mol. The van der Waals surface area contributed by atoms with Gasteiger partial charge in [-0.3, -0.25) is 11.3 Å². The van der Waals surface area contributed by atoms with Gasteiger partial charge in [-0.1, -0.05) is 19.4 Å². The van der Waals surface area contributed by atoms with Crippen molar-refractivity contribution in [3.8, 4) is 0 Å². The van der Waals surface area contributed by atoms with Crippen LogP contribution in [0.2, 0.25) is 0 Å². The van der Waals surface area contributed by atoms with E-state index in [0.717, 1.165) is 18.6 Å². The fourth-order valence-corrected chi connectivity index (χ4v) is 1.61. The molecule has 6 heteroatoms. The Bertz CT molecular complexity index is 376. The van der Waals surface area contributed by atoms with Crippen molar-refractivity contribution in [2.45, 2.75) is 32.0 Å². The lowest BCUT2D eigenvalue weighted by Crippen LogP contribution is -2.28. The first-order valence-electron chi connectivity index (χ1n) is 5.23. The highest BCUT2D eigenvalue weighted by Crippen LogP contribution is 2.33. The molecule has 0 bridgehead atoms. The molecule has 2 nitrogen and oxygen atoms in total. The van der Waals surface area contributed by atoms with Crippen LogP contribution in [0.1, 0.15) is 36.9 Å². The van der Waals surface area contributed by atoms with E-state index in [-0.39, 0.29) is 0 Å². The van der Waals surface area contributed by atoms with Gasteiger partial charge in [-0.05, 0) is 24.1 Å². The molecule has 1 aromatic rings. The average molecular weight is 250 g/mol. The second-order valence-electron chi connectivity index (χ2n) is 3.74. The number of hydrazine groups is 1. The molecule has 0 heterocycles. The first kappa shape index (κ1) is 13.9. The van der Waals surface area contributed by atoms with Crippen molar-refractivity contribution < 1.29 is 17.6 Å². The fraction of sp³-hybridized carbons (Fsp3) is 0.455. The number of nitrogens with one attached hydrogen (secondary N) is 1. The Balaban J connectivity index is 3.11. The molecule has 1 rings (SSSR count). The van der Waals surface area contributed by atoms with Gasteiger partial charge in [0.2, 0.25) is 0 Å². The van der Waals surface area contributed by atoms with Gasteiger partial charge in [0.1, 0.15) is 5.82 Å². The number of benzene rings is 1. The summed E-state index contributed by atoms with van der Waals surface area (Å²) in [7, 11) is 0. The molecule has 3 N–H and O–H groups in total. The van der Waals surface area contributed by atoms with Crippen LogP contribution >= 0.6 is 0 Å². The SMILES string of the molecule is CCCC(NN)c1ccc(F)c(C(F)(F)F)c1. The number of nitrogens with two attached hydrogens (primary N) is 1. The molecule has 1 unspecified atom stereocenters. The first-order chi connectivity index (χ1) is 7.90. The third-order valence-corrected chi connectivity index (χ3v) is 2.48. The maximum atomic E-state index is 13.0. The van der Waals surface area contributed by atoms with E-state index in [4.69, 9.17) is 5.84 Å². The summed E-state index contributed by atoms with van der Waals surface area (Å²) in [6.07, 6.45) is -3.35. The molecule has 0 fully saturated rings. The monoisotopic (exact) mass is 250 g/mol. The summed E-state index contributed by atoms with van der Waals surface area (Å²) in [4.78, 5) is 0. The van der Waals surface area contributed by atoms with Crippen LogP contribution in [0.25, 0.3) is 0 Å². The normalized spacial score (nSPS) is 13.8. The average Bonchev–Trinajstić information content (AvgIpc) is 2.25. The molecule has 0 saturated carbocycles. The molecule has 96 valence electrons. The van der Waals surface area contributed by atoms with Gasteiger partial charge in [-0.25, -0.2) is 4.39 Å². The quantitative estimate of drug-likeness (QED) is 0.489. The molecule has 1 atom stereocenters. The van der Waals surface area contributed by atoms with Crippen LogP contribution in [0, 0.1) is 5.82 Å². The van der Waals surface area contributed by atoms with E-state index in [9.17, 15) is 17.6 Å². The number of hydrogen-bond donors (Lipinski definition) is 2. The van der Waals surface area contributed by atoms with E-state index >= 15 is 0 Å². The zero-order valence-corrected chi connectivity index (χ0v) is 9.31. The highest BCUT2D eigenvalue weighted by Gasteiger charge is 2.34. The van der Waals surface area contributed by atoms with Crippen molar-refractivity contribution in [1.29, 1.82) is 0 Å². The molecule has 0 aromatic heterocycles. The molecule has 0 amide bonds. The minimum Gasteiger partial charge on any atom is -0.271 e. The smallest absolute Gasteiger partial charge is 0.271 e. The number of hydrogen-bond acceptors (Lipinski definition) is 2. The standard InChI is InChI=1S/C11H14F4N2/c1-2-3-10(17-16)7-4-5-9(12)8(6-7)11(13,14)15/h4-6,10,17H,2-3,16H2,1H3. The van der Waals surface area contributed by atoms with Crippen molar-refractivity contribution >= 4 is 0 Å². The molecule has 1 aromatic carbocycles. The van der Waals surface area contributed by atoms with Crippen LogP contribution < -0.4 is 11.3 Å². The predicted octanol–water partition coefficient (Wildman–Crippen LogP) is 3.15. The van der Waals surface area contributed by atoms with E-state index in [1.807, 2.05) is 6.92 Å². The Morgan fingerprint density at radius 3 is 2.47 bits per heavy atom. The van der Waals surface area contributed by atoms with Crippen LogP contribution in [-0.4, -0.2) is 0 Å².